The molecule has 1 aromatic heterocycles. The zero-order valence-corrected chi connectivity index (χ0v) is 12.9. The van der Waals surface area contributed by atoms with Gasteiger partial charge in [0.2, 0.25) is 0 Å². The van der Waals surface area contributed by atoms with Gasteiger partial charge in [-0.1, -0.05) is 39.2 Å². The Balaban J connectivity index is 1.70. The zero-order chi connectivity index (χ0) is 14.2. The molecule has 0 bridgehead atoms. The van der Waals surface area contributed by atoms with Crippen molar-refractivity contribution in [3.8, 4) is 0 Å². The van der Waals surface area contributed by atoms with Crippen LogP contribution in [-0.4, -0.2) is 17.6 Å². The van der Waals surface area contributed by atoms with Crippen molar-refractivity contribution in [2.24, 2.45) is 5.92 Å². The molecule has 0 radical (unpaired) electrons. The van der Waals surface area contributed by atoms with Gasteiger partial charge in [-0.05, 0) is 36.9 Å². The highest BCUT2D eigenvalue weighted by Gasteiger charge is 2.13. The van der Waals surface area contributed by atoms with Crippen LogP contribution in [0, 0.1) is 5.92 Å². The highest BCUT2D eigenvalue weighted by atomic mass is 16.5. The van der Waals surface area contributed by atoms with E-state index in [0.29, 0.717) is 18.6 Å². The molecule has 1 aromatic rings. The molecule has 1 aliphatic carbocycles. The fourth-order valence-corrected chi connectivity index (χ4v) is 2.59. The molecule has 0 amide bonds. The third kappa shape index (κ3) is 5.59. The van der Waals surface area contributed by atoms with Crippen LogP contribution in [0.4, 0.5) is 0 Å². The monoisotopic (exact) mass is 276 g/mol. The van der Waals surface area contributed by atoms with Gasteiger partial charge in [-0.15, -0.1) is 0 Å². The Morgan fingerprint density at radius 1 is 1.25 bits per heavy atom. The molecule has 1 saturated carbocycles. The smallest absolute Gasteiger partial charge is 0.0891 e. The van der Waals surface area contributed by atoms with E-state index >= 15 is 0 Å². The Morgan fingerprint density at radius 2 is 2.05 bits per heavy atom. The normalized spacial score (nSPS) is 16.8. The predicted molar refractivity (Wildman–Crippen MR) is 82.4 cm³/mol. The van der Waals surface area contributed by atoms with Crippen molar-refractivity contribution in [2.45, 2.75) is 65.2 Å². The first kappa shape index (κ1) is 15.5. The van der Waals surface area contributed by atoms with Crippen LogP contribution in [0.3, 0.4) is 0 Å². The Labute approximate surface area is 123 Å². The largest absolute Gasteiger partial charge is 0.372 e. The number of nitrogens with one attached hydrogen (secondary N) is 1. The molecule has 112 valence electrons. The van der Waals surface area contributed by atoms with Crippen LogP contribution in [0.5, 0.6) is 0 Å². The van der Waals surface area contributed by atoms with Crippen molar-refractivity contribution in [3.05, 3.63) is 29.6 Å². The summed E-state index contributed by atoms with van der Waals surface area (Å²) in [5, 5.41) is 3.43. The number of hydrogen-bond acceptors (Lipinski definition) is 3. The van der Waals surface area contributed by atoms with Gasteiger partial charge < -0.3 is 10.1 Å². The molecule has 0 aromatic carbocycles. The fourth-order valence-electron chi connectivity index (χ4n) is 2.59. The maximum Gasteiger partial charge on any atom is 0.0891 e. The van der Waals surface area contributed by atoms with E-state index in [1.165, 1.54) is 37.7 Å². The van der Waals surface area contributed by atoms with E-state index < -0.39 is 0 Å². The summed E-state index contributed by atoms with van der Waals surface area (Å²) in [7, 11) is 0. The lowest BCUT2D eigenvalue weighted by Crippen LogP contribution is -2.19. The Morgan fingerprint density at radius 3 is 2.70 bits per heavy atom. The number of nitrogens with zero attached hydrogens (tertiary/aromatic N) is 1. The fraction of sp³-hybridized carbons (Fsp3) is 0.706. The van der Waals surface area contributed by atoms with Crippen molar-refractivity contribution in [1.29, 1.82) is 0 Å². The lowest BCUT2D eigenvalue weighted by molar-refractivity contribution is 0.0152. The summed E-state index contributed by atoms with van der Waals surface area (Å²) in [5.74, 6) is 0.686. The number of hydrogen-bond donors (Lipinski definition) is 1. The van der Waals surface area contributed by atoms with E-state index in [9.17, 15) is 0 Å². The second-order valence-electron chi connectivity index (χ2n) is 6.25. The van der Waals surface area contributed by atoms with Gasteiger partial charge in [-0.25, -0.2) is 0 Å². The van der Waals surface area contributed by atoms with Crippen LogP contribution in [0.25, 0.3) is 0 Å². The van der Waals surface area contributed by atoms with E-state index in [0.717, 1.165) is 18.8 Å². The molecule has 1 fully saturated rings. The van der Waals surface area contributed by atoms with Crippen LogP contribution >= 0.6 is 0 Å². The van der Waals surface area contributed by atoms with E-state index in [1.807, 2.05) is 6.20 Å². The number of aromatic nitrogens is 1. The minimum Gasteiger partial charge on any atom is -0.372 e. The Bertz CT molecular complexity index is 369. The summed E-state index contributed by atoms with van der Waals surface area (Å²) in [6, 6.07) is 4.25. The van der Waals surface area contributed by atoms with Crippen LogP contribution < -0.4 is 5.32 Å². The zero-order valence-electron chi connectivity index (χ0n) is 12.9. The summed E-state index contributed by atoms with van der Waals surface area (Å²) in [5.41, 5.74) is 2.29. The van der Waals surface area contributed by atoms with Gasteiger partial charge >= 0.3 is 0 Å². The van der Waals surface area contributed by atoms with Gasteiger partial charge in [0.15, 0.2) is 0 Å². The van der Waals surface area contributed by atoms with Gasteiger partial charge in [-0.2, -0.15) is 0 Å². The van der Waals surface area contributed by atoms with Crippen LogP contribution in [0.1, 0.15) is 57.2 Å². The highest BCUT2D eigenvalue weighted by Crippen LogP contribution is 2.21. The Hall–Kier alpha value is -0.930. The van der Waals surface area contributed by atoms with Crippen LogP contribution in [-0.2, 0) is 17.9 Å². The first-order valence-corrected chi connectivity index (χ1v) is 8.00. The highest BCUT2D eigenvalue weighted by molar-refractivity contribution is 5.13. The molecule has 20 heavy (non-hydrogen) atoms. The molecule has 2 rings (SSSR count). The van der Waals surface area contributed by atoms with Crippen molar-refractivity contribution in [3.63, 3.8) is 0 Å². The third-order valence-corrected chi connectivity index (χ3v) is 3.79. The molecular formula is C17H28N2O. The quantitative estimate of drug-likeness (QED) is 0.825. The van der Waals surface area contributed by atoms with E-state index in [-0.39, 0.29) is 0 Å². The molecule has 1 heterocycles. The average molecular weight is 276 g/mol. The van der Waals surface area contributed by atoms with Crippen LogP contribution in [0.2, 0.25) is 0 Å². The molecule has 0 atom stereocenters. The summed E-state index contributed by atoms with van der Waals surface area (Å²) in [4.78, 5) is 4.50. The molecule has 1 aliphatic rings. The topological polar surface area (TPSA) is 34.1 Å². The number of pyridine rings is 1. The van der Waals surface area contributed by atoms with E-state index in [4.69, 9.17) is 4.74 Å². The lowest BCUT2D eigenvalue weighted by atomic mass is 9.98. The van der Waals surface area contributed by atoms with Gasteiger partial charge in [0.05, 0.1) is 18.4 Å². The predicted octanol–water partition coefficient (Wildman–Crippen LogP) is 3.68. The molecule has 0 aliphatic heterocycles. The number of ether oxygens (including phenoxy) is 1. The first-order chi connectivity index (χ1) is 9.74. The maximum atomic E-state index is 5.94. The summed E-state index contributed by atoms with van der Waals surface area (Å²) in [6.45, 7) is 7.04. The molecule has 3 nitrogen and oxygen atoms in total. The average Bonchev–Trinajstić information content (AvgIpc) is 2.47. The van der Waals surface area contributed by atoms with E-state index in [1.54, 1.807) is 0 Å². The molecule has 1 N–H and O–H groups in total. The van der Waals surface area contributed by atoms with Crippen molar-refractivity contribution < 1.29 is 4.74 Å². The summed E-state index contributed by atoms with van der Waals surface area (Å²) < 4.78 is 5.94. The summed E-state index contributed by atoms with van der Waals surface area (Å²) in [6.07, 6.45) is 8.87. The van der Waals surface area contributed by atoms with Gasteiger partial charge in [0, 0.05) is 12.7 Å². The van der Waals surface area contributed by atoms with Gasteiger partial charge in [-0.3, -0.25) is 4.98 Å². The molecule has 0 spiro atoms. The number of rotatable bonds is 7. The molecule has 0 saturated heterocycles. The molecule has 0 unspecified atom stereocenters. The van der Waals surface area contributed by atoms with Crippen molar-refractivity contribution >= 4 is 0 Å². The molecule has 3 heteroatoms. The minimum absolute atomic E-state index is 0.456. The first-order valence-electron chi connectivity index (χ1n) is 8.00. The standard InChI is InChI=1S/C17H28N2O/c1-14(2)10-18-11-15-8-9-16(19-12-15)13-20-17-6-4-3-5-7-17/h8-9,12,14,17-18H,3-7,10-11,13H2,1-2H3. The lowest BCUT2D eigenvalue weighted by Gasteiger charge is -2.21. The second-order valence-corrected chi connectivity index (χ2v) is 6.25. The minimum atomic E-state index is 0.456. The van der Waals surface area contributed by atoms with Gasteiger partial charge in [0.1, 0.15) is 0 Å². The second kappa shape index (κ2) is 8.38. The van der Waals surface area contributed by atoms with Crippen molar-refractivity contribution in [1.82, 2.24) is 10.3 Å². The van der Waals surface area contributed by atoms with Crippen LogP contribution in [0.15, 0.2) is 18.3 Å². The Kier molecular flexibility index (Phi) is 6.48. The van der Waals surface area contributed by atoms with Gasteiger partial charge in [0.25, 0.3) is 0 Å². The third-order valence-electron chi connectivity index (χ3n) is 3.79. The summed E-state index contributed by atoms with van der Waals surface area (Å²) >= 11 is 0. The maximum absolute atomic E-state index is 5.94. The molecular weight excluding hydrogens is 248 g/mol. The SMILES string of the molecule is CC(C)CNCc1ccc(COC2CCCCC2)nc1. The van der Waals surface area contributed by atoms with E-state index in [2.05, 4.69) is 36.3 Å². The van der Waals surface area contributed by atoms with Crippen molar-refractivity contribution in [2.75, 3.05) is 6.54 Å².